The number of ether oxygens (including phenoxy) is 1. The summed E-state index contributed by atoms with van der Waals surface area (Å²) in [5.74, 6) is -2.69. The molecule has 0 aromatic carbocycles. The van der Waals surface area contributed by atoms with Crippen molar-refractivity contribution in [2.24, 2.45) is 5.92 Å². The van der Waals surface area contributed by atoms with Crippen molar-refractivity contribution in [2.45, 2.75) is 46.0 Å². The van der Waals surface area contributed by atoms with Gasteiger partial charge >= 0.3 is 17.9 Å². The van der Waals surface area contributed by atoms with E-state index in [1.54, 1.807) is 0 Å². The van der Waals surface area contributed by atoms with Crippen LogP contribution in [0.5, 0.6) is 0 Å². The summed E-state index contributed by atoms with van der Waals surface area (Å²) in [6, 6.07) is 0. The van der Waals surface area contributed by atoms with Crippen molar-refractivity contribution in [1.82, 2.24) is 0 Å². The highest BCUT2D eigenvalue weighted by Crippen LogP contribution is 2.16. The molecular formula is C12H18O6. The fourth-order valence-electron chi connectivity index (χ4n) is 1.55. The van der Waals surface area contributed by atoms with Gasteiger partial charge in [-0.1, -0.05) is 0 Å². The van der Waals surface area contributed by atoms with Gasteiger partial charge in [-0.15, -0.1) is 0 Å². The number of aliphatic carboxylic acids is 1. The quantitative estimate of drug-likeness (QED) is 0.520. The minimum Gasteiger partial charge on any atom is -0.481 e. The molecular weight excluding hydrogens is 240 g/mol. The smallest absolute Gasteiger partial charge is 0.313 e. The Labute approximate surface area is 105 Å². The second kappa shape index (κ2) is 8.38. The van der Waals surface area contributed by atoms with Crippen LogP contribution >= 0.6 is 0 Å². The fraction of sp³-hybridized carbons (Fsp3) is 0.667. The van der Waals surface area contributed by atoms with Gasteiger partial charge in [-0.05, 0) is 26.2 Å². The van der Waals surface area contributed by atoms with E-state index in [4.69, 9.17) is 5.11 Å². The summed E-state index contributed by atoms with van der Waals surface area (Å²) in [5.41, 5.74) is 0. The van der Waals surface area contributed by atoms with E-state index >= 15 is 0 Å². The number of esters is 2. The zero-order valence-corrected chi connectivity index (χ0v) is 10.6. The first kappa shape index (κ1) is 16.3. The lowest BCUT2D eigenvalue weighted by Crippen LogP contribution is -2.16. The van der Waals surface area contributed by atoms with Gasteiger partial charge in [-0.3, -0.25) is 19.2 Å². The molecule has 0 fully saturated rings. The maximum absolute atomic E-state index is 11.3. The van der Waals surface area contributed by atoms with Crippen LogP contribution in [-0.2, 0) is 23.9 Å². The molecule has 6 heteroatoms. The second-order valence-corrected chi connectivity index (χ2v) is 4.10. The van der Waals surface area contributed by atoms with E-state index in [-0.39, 0.29) is 31.0 Å². The lowest BCUT2D eigenvalue weighted by atomic mass is 9.93. The standard InChI is InChI=1S/C12H18O6/c1-8(13)10(4-3-5-11(15)16)6-7-12(17)18-9(2)14/h10H,3-7H2,1-2H3,(H,15,16). The third-order valence-electron chi connectivity index (χ3n) is 2.47. The molecule has 102 valence electrons. The maximum Gasteiger partial charge on any atom is 0.313 e. The highest BCUT2D eigenvalue weighted by atomic mass is 16.6. The van der Waals surface area contributed by atoms with E-state index in [9.17, 15) is 19.2 Å². The van der Waals surface area contributed by atoms with E-state index in [1.807, 2.05) is 0 Å². The molecule has 0 aromatic heterocycles. The van der Waals surface area contributed by atoms with Crippen molar-refractivity contribution in [3.63, 3.8) is 0 Å². The van der Waals surface area contributed by atoms with Gasteiger partial charge < -0.3 is 9.84 Å². The minimum atomic E-state index is -0.909. The van der Waals surface area contributed by atoms with Crippen molar-refractivity contribution in [1.29, 1.82) is 0 Å². The number of hydrogen-bond acceptors (Lipinski definition) is 5. The molecule has 18 heavy (non-hydrogen) atoms. The van der Waals surface area contributed by atoms with Crippen LogP contribution in [0.25, 0.3) is 0 Å². The zero-order valence-electron chi connectivity index (χ0n) is 10.6. The molecule has 1 N–H and O–H groups in total. The van der Waals surface area contributed by atoms with Crippen molar-refractivity contribution in [3.8, 4) is 0 Å². The molecule has 1 unspecified atom stereocenters. The maximum atomic E-state index is 11.3. The van der Waals surface area contributed by atoms with Gasteiger partial charge in [0.05, 0.1) is 0 Å². The largest absolute Gasteiger partial charge is 0.481 e. The molecule has 0 amide bonds. The lowest BCUT2D eigenvalue weighted by molar-refractivity contribution is -0.158. The van der Waals surface area contributed by atoms with Crippen molar-refractivity contribution >= 4 is 23.7 Å². The van der Waals surface area contributed by atoms with Crippen molar-refractivity contribution in [2.75, 3.05) is 0 Å². The Morgan fingerprint density at radius 2 is 1.67 bits per heavy atom. The average molecular weight is 258 g/mol. The van der Waals surface area contributed by atoms with Crippen LogP contribution in [0.3, 0.4) is 0 Å². The van der Waals surface area contributed by atoms with E-state index < -0.39 is 17.9 Å². The van der Waals surface area contributed by atoms with E-state index in [2.05, 4.69) is 4.74 Å². The van der Waals surface area contributed by atoms with Gasteiger partial charge in [0.1, 0.15) is 5.78 Å². The fourth-order valence-corrected chi connectivity index (χ4v) is 1.55. The lowest BCUT2D eigenvalue weighted by Gasteiger charge is -2.12. The van der Waals surface area contributed by atoms with Gasteiger partial charge in [-0.2, -0.15) is 0 Å². The Bertz CT molecular complexity index is 333. The molecule has 0 aromatic rings. The van der Waals surface area contributed by atoms with Crippen LogP contribution in [0.2, 0.25) is 0 Å². The summed E-state index contributed by atoms with van der Waals surface area (Å²) < 4.78 is 4.34. The molecule has 0 heterocycles. The average Bonchev–Trinajstić information content (AvgIpc) is 2.20. The Kier molecular flexibility index (Phi) is 7.58. The minimum absolute atomic E-state index is 0.00166. The van der Waals surface area contributed by atoms with E-state index in [1.165, 1.54) is 6.92 Å². The number of carbonyl (C=O) groups is 4. The number of Topliss-reactive ketones (excluding diaryl/α,β-unsaturated/α-hetero) is 1. The SMILES string of the molecule is CC(=O)OC(=O)CCC(CCCC(=O)O)C(C)=O. The number of ketones is 1. The predicted octanol–water partition coefficient (Wildman–Crippen LogP) is 1.32. The summed E-state index contributed by atoms with van der Waals surface area (Å²) >= 11 is 0. The van der Waals surface area contributed by atoms with Crippen LogP contribution < -0.4 is 0 Å². The van der Waals surface area contributed by atoms with Crippen LogP contribution in [-0.4, -0.2) is 28.8 Å². The van der Waals surface area contributed by atoms with Crippen LogP contribution in [0.15, 0.2) is 0 Å². The summed E-state index contributed by atoms with van der Waals surface area (Å²) in [7, 11) is 0. The first-order valence-electron chi connectivity index (χ1n) is 5.76. The first-order valence-corrected chi connectivity index (χ1v) is 5.76. The number of carbonyl (C=O) groups excluding carboxylic acids is 3. The van der Waals surface area contributed by atoms with Crippen LogP contribution in [0.1, 0.15) is 46.0 Å². The monoisotopic (exact) mass is 258 g/mol. The van der Waals surface area contributed by atoms with Crippen LogP contribution in [0, 0.1) is 5.92 Å². The molecule has 0 aliphatic heterocycles. The Balaban J connectivity index is 4.04. The third kappa shape index (κ3) is 8.43. The normalized spacial score (nSPS) is 11.7. The Morgan fingerprint density at radius 1 is 1.06 bits per heavy atom. The highest BCUT2D eigenvalue weighted by molar-refractivity contribution is 5.84. The number of carboxylic acid groups (broad SMARTS) is 1. The number of hydrogen-bond donors (Lipinski definition) is 1. The Morgan fingerprint density at radius 3 is 2.11 bits per heavy atom. The molecule has 0 saturated heterocycles. The molecule has 0 radical (unpaired) electrons. The van der Waals surface area contributed by atoms with Gasteiger partial charge in [0, 0.05) is 25.7 Å². The molecule has 0 aliphatic carbocycles. The molecule has 0 rings (SSSR count). The summed E-state index contributed by atoms with van der Waals surface area (Å²) in [6.07, 6.45) is 1.08. The summed E-state index contributed by atoms with van der Waals surface area (Å²) in [5, 5.41) is 8.49. The number of carboxylic acids is 1. The molecule has 0 bridgehead atoms. The molecule has 0 saturated carbocycles. The van der Waals surface area contributed by atoms with Crippen molar-refractivity contribution < 1.29 is 29.0 Å². The molecule has 6 nitrogen and oxygen atoms in total. The van der Waals surface area contributed by atoms with Gasteiger partial charge in [0.25, 0.3) is 0 Å². The van der Waals surface area contributed by atoms with Crippen LogP contribution in [0.4, 0.5) is 0 Å². The van der Waals surface area contributed by atoms with Gasteiger partial charge in [-0.25, -0.2) is 0 Å². The zero-order chi connectivity index (χ0) is 14.1. The highest BCUT2D eigenvalue weighted by Gasteiger charge is 2.17. The molecule has 0 aliphatic rings. The second-order valence-electron chi connectivity index (χ2n) is 4.10. The molecule has 0 spiro atoms. The first-order chi connectivity index (χ1) is 8.32. The summed E-state index contributed by atoms with van der Waals surface area (Å²) in [4.78, 5) is 43.2. The predicted molar refractivity (Wildman–Crippen MR) is 61.7 cm³/mol. The third-order valence-corrected chi connectivity index (χ3v) is 2.47. The summed E-state index contributed by atoms with van der Waals surface area (Å²) in [6.45, 7) is 2.54. The van der Waals surface area contributed by atoms with Gasteiger partial charge in [0.2, 0.25) is 0 Å². The topological polar surface area (TPSA) is 97.7 Å². The van der Waals surface area contributed by atoms with E-state index in [0.717, 1.165) is 6.92 Å². The molecule has 1 atom stereocenters. The van der Waals surface area contributed by atoms with E-state index in [0.29, 0.717) is 12.8 Å². The van der Waals surface area contributed by atoms with Crippen molar-refractivity contribution in [3.05, 3.63) is 0 Å². The Hall–Kier alpha value is -1.72. The van der Waals surface area contributed by atoms with Gasteiger partial charge in [0.15, 0.2) is 0 Å². The number of rotatable bonds is 8.